The molecule has 2 aromatic rings. The van der Waals surface area contributed by atoms with E-state index in [0.29, 0.717) is 5.82 Å². The summed E-state index contributed by atoms with van der Waals surface area (Å²) in [6.07, 6.45) is 0. The van der Waals surface area contributed by atoms with Gasteiger partial charge in [-0.2, -0.15) is 5.10 Å². The van der Waals surface area contributed by atoms with Crippen LogP contribution in [0, 0.1) is 12.3 Å². The van der Waals surface area contributed by atoms with Crippen LogP contribution in [0.2, 0.25) is 0 Å². The van der Waals surface area contributed by atoms with Crippen molar-refractivity contribution in [2.24, 2.45) is 12.5 Å². The van der Waals surface area contributed by atoms with E-state index in [1.807, 2.05) is 37.3 Å². The number of urea groups is 1. The maximum atomic E-state index is 12.1. The molecule has 1 aromatic heterocycles. The van der Waals surface area contributed by atoms with Gasteiger partial charge in [0.1, 0.15) is 5.82 Å². The fraction of sp³-hybridized carbons (Fsp3) is 0.389. The number of nitrogens with zero attached hydrogens (tertiary/aromatic N) is 2. The minimum absolute atomic E-state index is 0.129. The third kappa shape index (κ3) is 4.37. The summed E-state index contributed by atoms with van der Waals surface area (Å²) in [6.45, 7) is 5.78. The van der Waals surface area contributed by atoms with Crippen molar-refractivity contribution in [1.29, 1.82) is 0 Å². The molecule has 0 aliphatic heterocycles. The van der Waals surface area contributed by atoms with Gasteiger partial charge in [-0.15, -0.1) is 0 Å². The molecule has 0 unspecified atom stereocenters. The monoisotopic (exact) mass is 343 g/mol. The van der Waals surface area contributed by atoms with Crippen LogP contribution in [-0.4, -0.2) is 35.3 Å². The highest BCUT2D eigenvalue weighted by Crippen LogP contribution is 2.24. The number of nitrogens with one attached hydrogen (secondary N) is 3. The van der Waals surface area contributed by atoms with Crippen LogP contribution in [0.3, 0.4) is 0 Å². The molecule has 1 heterocycles. The molecule has 134 valence electrons. The Morgan fingerprint density at radius 1 is 1.24 bits per heavy atom. The van der Waals surface area contributed by atoms with E-state index in [9.17, 15) is 9.59 Å². The Morgan fingerprint density at radius 2 is 1.92 bits per heavy atom. The smallest absolute Gasteiger partial charge is 0.320 e. The van der Waals surface area contributed by atoms with Crippen LogP contribution < -0.4 is 16.0 Å². The first kappa shape index (κ1) is 18.5. The third-order valence-electron chi connectivity index (χ3n) is 4.08. The molecule has 0 radical (unpaired) electrons. The van der Waals surface area contributed by atoms with E-state index >= 15 is 0 Å². The zero-order chi connectivity index (χ0) is 18.6. The lowest BCUT2D eigenvalue weighted by Gasteiger charge is -2.22. The maximum Gasteiger partial charge on any atom is 0.320 e. The van der Waals surface area contributed by atoms with E-state index in [0.717, 1.165) is 16.8 Å². The molecule has 2 rings (SSSR count). The van der Waals surface area contributed by atoms with Crippen LogP contribution in [0.5, 0.6) is 0 Å². The average molecular weight is 343 g/mol. The number of benzene rings is 1. The van der Waals surface area contributed by atoms with Gasteiger partial charge in [0.05, 0.1) is 11.1 Å². The minimum atomic E-state index is -0.690. The van der Waals surface area contributed by atoms with Gasteiger partial charge in [0.25, 0.3) is 0 Å². The van der Waals surface area contributed by atoms with Gasteiger partial charge in [-0.25, -0.2) is 4.79 Å². The number of hydrogen-bond donors (Lipinski definition) is 3. The van der Waals surface area contributed by atoms with Crippen LogP contribution >= 0.6 is 0 Å². The Morgan fingerprint density at radius 3 is 2.56 bits per heavy atom. The van der Waals surface area contributed by atoms with E-state index < -0.39 is 5.41 Å². The molecule has 0 saturated carbocycles. The first-order chi connectivity index (χ1) is 11.7. The van der Waals surface area contributed by atoms with Gasteiger partial charge in [0.15, 0.2) is 0 Å². The Bertz CT molecular complexity index is 780. The average Bonchev–Trinajstić information content (AvgIpc) is 2.93. The molecule has 0 bridgehead atoms. The second kappa shape index (κ2) is 7.38. The fourth-order valence-electron chi connectivity index (χ4n) is 2.46. The van der Waals surface area contributed by atoms with E-state index in [2.05, 4.69) is 21.0 Å². The largest absolute Gasteiger partial charge is 0.359 e. The molecule has 25 heavy (non-hydrogen) atoms. The molecule has 0 aliphatic rings. The second-order valence-electron chi connectivity index (χ2n) is 6.62. The van der Waals surface area contributed by atoms with Gasteiger partial charge in [-0.1, -0.05) is 24.3 Å². The Balaban J connectivity index is 2.05. The van der Waals surface area contributed by atoms with Crippen LogP contribution in [0.25, 0.3) is 11.3 Å². The van der Waals surface area contributed by atoms with Crippen molar-refractivity contribution in [3.63, 3.8) is 0 Å². The van der Waals surface area contributed by atoms with Gasteiger partial charge >= 0.3 is 6.03 Å². The standard InChI is InChI=1S/C18H25N5O2/c1-12-8-6-7-9-13(12)14-10-15(23(5)22-14)21-17(25)20-11-18(2,3)16(24)19-4/h6-10H,11H2,1-5H3,(H,19,24)(H2,20,21,25). The highest BCUT2D eigenvalue weighted by Gasteiger charge is 2.27. The number of carbonyl (C=O) groups is 2. The number of amides is 3. The van der Waals surface area contributed by atoms with Crippen molar-refractivity contribution in [2.75, 3.05) is 18.9 Å². The van der Waals surface area contributed by atoms with Gasteiger partial charge in [-0.05, 0) is 26.3 Å². The topological polar surface area (TPSA) is 88.1 Å². The summed E-state index contributed by atoms with van der Waals surface area (Å²) in [4.78, 5) is 23.9. The first-order valence-electron chi connectivity index (χ1n) is 8.11. The van der Waals surface area contributed by atoms with Gasteiger partial charge in [-0.3, -0.25) is 14.8 Å². The summed E-state index contributed by atoms with van der Waals surface area (Å²) in [5.41, 5.74) is 2.24. The predicted octanol–water partition coefficient (Wildman–Crippen LogP) is 2.29. The normalized spacial score (nSPS) is 11.1. The number of aromatic nitrogens is 2. The van der Waals surface area contributed by atoms with Crippen molar-refractivity contribution in [2.45, 2.75) is 20.8 Å². The van der Waals surface area contributed by atoms with Crippen LogP contribution in [0.15, 0.2) is 30.3 Å². The summed E-state index contributed by atoms with van der Waals surface area (Å²) in [5.74, 6) is 0.448. The highest BCUT2D eigenvalue weighted by molar-refractivity contribution is 5.90. The zero-order valence-corrected chi connectivity index (χ0v) is 15.3. The summed E-state index contributed by atoms with van der Waals surface area (Å²) in [6, 6.07) is 9.39. The fourth-order valence-corrected chi connectivity index (χ4v) is 2.46. The molecule has 0 spiro atoms. The Labute approximate surface area is 147 Å². The van der Waals surface area contributed by atoms with Gasteiger partial charge in [0.2, 0.25) is 5.91 Å². The number of rotatable bonds is 5. The van der Waals surface area contributed by atoms with E-state index in [1.54, 1.807) is 32.6 Å². The van der Waals surface area contributed by atoms with Crippen molar-refractivity contribution < 1.29 is 9.59 Å². The summed E-state index contributed by atoms with van der Waals surface area (Å²) in [5, 5.41) is 12.5. The van der Waals surface area contributed by atoms with Crippen molar-refractivity contribution >= 4 is 17.8 Å². The molecule has 3 amide bonds. The van der Waals surface area contributed by atoms with Gasteiger partial charge in [0, 0.05) is 32.3 Å². The van der Waals surface area contributed by atoms with Crippen LogP contribution in [0.1, 0.15) is 19.4 Å². The number of carbonyl (C=O) groups excluding carboxylic acids is 2. The lowest BCUT2D eigenvalue weighted by Crippen LogP contribution is -2.44. The number of anilines is 1. The molecular weight excluding hydrogens is 318 g/mol. The van der Waals surface area contributed by atoms with Crippen molar-refractivity contribution in [3.05, 3.63) is 35.9 Å². The number of hydrogen-bond acceptors (Lipinski definition) is 3. The van der Waals surface area contributed by atoms with Crippen molar-refractivity contribution in [3.8, 4) is 11.3 Å². The lowest BCUT2D eigenvalue weighted by atomic mass is 9.92. The van der Waals surface area contributed by atoms with Crippen LogP contribution in [-0.2, 0) is 11.8 Å². The Kier molecular flexibility index (Phi) is 5.46. The molecule has 1 aromatic carbocycles. The number of aryl methyl sites for hydroxylation is 2. The summed E-state index contributed by atoms with van der Waals surface area (Å²) >= 11 is 0. The minimum Gasteiger partial charge on any atom is -0.359 e. The van der Waals surface area contributed by atoms with Crippen LogP contribution in [0.4, 0.5) is 10.6 Å². The molecule has 7 heteroatoms. The summed E-state index contributed by atoms with van der Waals surface area (Å²) < 4.78 is 1.62. The predicted molar refractivity (Wildman–Crippen MR) is 98.3 cm³/mol. The quantitative estimate of drug-likeness (QED) is 0.778. The lowest BCUT2D eigenvalue weighted by molar-refractivity contribution is -0.128. The molecule has 0 aliphatic carbocycles. The zero-order valence-electron chi connectivity index (χ0n) is 15.3. The van der Waals surface area contributed by atoms with Gasteiger partial charge < -0.3 is 10.6 Å². The third-order valence-corrected chi connectivity index (χ3v) is 4.08. The maximum absolute atomic E-state index is 12.1. The molecule has 0 fully saturated rings. The van der Waals surface area contributed by atoms with E-state index in [4.69, 9.17) is 0 Å². The Hall–Kier alpha value is -2.83. The SMILES string of the molecule is CNC(=O)C(C)(C)CNC(=O)Nc1cc(-c2ccccc2C)nn1C. The summed E-state index contributed by atoms with van der Waals surface area (Å²) in [7, 11) is 3.35. The molecule has 7 nitrogen and oxygen atoms in total. The highest BCUT2D eigenvalue weighted by atomic mass is 16.2. The molecule has 3 N–H and O–H groups in total. The molecular formula is C18H25N5O2. The molecule has 0 atom stereocenters. The van der Waals surface area contributed by atoms with E-state index in [-0.39, 0.29) is 18.5 Å². The van der Waals surface area contributed by atoms with E-state index in [1.165, 1.54) is 0 Å². The second-order valence-corrected chi connectivity index (χ2v) is 6.62. The molecule has 0 saturated heterocycles. The first-order valence-corrected chi connectivity index (χ1v) is 8.11. The van der Waals surface area contributed by atoms with Crippen molar-refractivity contribution in [1.82, 2.24) is 20.4 Å².